The summed E-state index contributed by atoms with van der Waals surface area (Å²) in [5, 5.41) is 5.11. The Balaban J connectivity index is 1.65. The van der Waals surface area contributed by atoms with Crippen LogP contribution in [0.25, 0.3) is 0 Å². The average Bonchev–Trinajstić information content (AvgIpc) is 3.25. The second-order valence-electron chi connectivity index (χ2n) is 6.04. The number of nitrogens with zero attached hydrogens (tertiary/aromatic N) is 2. The molecule has 1 atom stereocenters. The van der Waals surface area contributed by atoms with Gasteiger partial charge in [-0.25, -0.2) is 4.79 Å². The molecule has 0 radical (unpaired) electrons. The van der Waals surface area contributed by atoms with E-state index in [2.05, 4.69) is 39.7 Å². The number of fused-ring (bicyclic) bond motifs is 1. The van der Waals surface area contributed by atoms with E-state index in [9.17, 15) is 4.79 Å². The largest absolute Gasteiger partial charge is 0.347 e. The fourth-order valence-corrected chi connectivity index (χ4v) is 4.11. The molecule has 3 heterocycles. The lowest BCUT2D eigenvalue weighted by atomic mass is 10.1. The third-order valence-electron chi connectivity index (χ3n) is 4.38. The average molecular weight is 337 g/mol. The third-order valence-corrected chi connectivity index (χ3v) is 5.31. The normalized spacial score (nSPS) is 16.7. The maximum atomic E-state index is 12.9. The minimum absolute atomic E-state index is 0.0291. The van der Waals surface area contributed by atoms with Crippen molar-refractivity contribution in [1.82, 2.24) is 9.47 Å². The van der Waals surface area contributed by atoms with E-state index in [1.54, 1.807) is 11.3 Å². The lowest BCUT2D eigenvalue weighted by Gasteiger charge is -2.36. The Bertz CT molecular complexity index is 853. The number of benzene rings is 1. The summed E-state index contributed by atoms with van der Waals surface area (Å²) in [5.74, 6) is 0. The Labute approximate surface area is 145 Å². The molecule has 3 aromatic rings. The van der Waals surface area contributed by atoms with Crippen LogP contribution in [0.1, 0.15) is 22.2 Å². The second-order valence-corrected chi connectivity index (χ2v) is 7.02. The molecule has 1 aliphatic rings. The van der Waals surface area contributed by atoms with Gasteiger partial charge in [0.25, 0.3) is 0 Å². The predicted molar refractivity (Wildman–Crippen MR) is 97.5 cm³/mol. The van der Waals surface area contributed by atoms with Gasteiger partial charge in [0.1, 0.15) is 6.04 Å². The molecule has 0 saturated carbocycles. The van der Waals surface area contributed by atoms with Crippen molar-refractivity contribution < 1.29 is 4.79 Å². The van der Waals surface area contributed by atoms with Gasteiger partial charge >= 0.3 is 6.03 Å². The maximum Gasteiger partial charge on any atom is 0.322 e. The molecule has 2 amide bonds. The van der Waals surface area contributed by atoms with Gasteiger partial charge < -0.3 is 14.8 Å². The van der Waals surface area contributed by atoms with Gasteiger partial charge in [-0.3, -0.25) is 0 Å². The smallest absolute Gasteiger partial charge is 0.322 e. The Morgan fingerprint density at radius 2 is 2.08 bits per heavy atom. The standard InChI is InChI=1S/C19H19N3OS/c1-14-5-2-6-15(13-14)20-19(23)22-11-10-21-9-3-7-16(21)18(22)17-8-4-12-24-17/h2-9,12-13,18H,10-11H2,1H3,(H,20,23)/t18-/m0/s1. The summed E-state index contributed by atoms with van der Waals surface area (Å²) < 4.78 is 2.24. The molecule has 122 valence electrons. The fraction of sp³-hybridized carbons (Fsp3) is 0.211. The first kappa shape index (κ1) is 15.0. The number of thiophene rings is 1. The van der Waals surface area contributed by atoms with Crippen molar-refractivity contribution in [3.05, 3.63) is 76.2 Å². The summed E-state index contributed by atoms with van der Waals surface area (Å²) in [6.07, 6.45) is 2.09. The topological polar surface area (TPSA) is 37.3 Å². The lowest BCUT2D eigenvalue weighted by molar-refractivity contribution is 0.183. The van der Waals surface area contributed by atoms with Gasteiger partial charge in [-0.2, -0.15) is 0 Å². The summed E-state index contributed by atoms with van der Waals surface area (Å²) >= 11 is 1.69. The first-order valence-electron chi connectivity index (χ1n) is 8.05. The number of nitrogens with one attached hydrogen (secondary N) is 1. The maximum absolute atomic E-state index is 12.9. The Kier molecular flexibility index (Phi) is 3.86. The third kappa shape index (κ3) is 2.71. The van der Waals surface area contributed by atoms with Crippen LogP contribution in [0.2, 0.25) is 0 Å². The number of hydrogen-bond acceptors (Lipinski definition) is 2. The van der Waals surface area contributed by atoms with Gasteiger partial charge in [0.2, 0.25) is 0 Å². The Morgan fingerprint density at radius 1 is 1.17 bits per heavy atom. The van der Waals surface area contributed by atoms with Gasteiger partial charge in [0.15, 0.2) is 0 Å². The molecule has 0 fully saturated rings. The van der Waals surface area contributed by atoms with Gasteiger partial charge in [-0.1, -0.05) is 18.2 Å². The highest BCUT2D eigenvalue weighted by Crippen LogP contribution is 2.35. The Morgan fingerprint density at radius 3 is 2.88 bits per heavy atom. The van der Waals surface area contributed by atoms with Crippen molar-refractivity contribution in [2.45, 2.75) is 19.5 Å². The molecule has 0 aliphatic carbocycles. The first-order chi connectivity index (χ1) is 11.7. The van der Waals surface area contributed by atoms with Crippen LogP contribution < -0.4 is 5.32 Å². The number of anilines is 1. The monoisotopic (exact) mass is 337 g/mol. The number of carbonyl (C=O) groups excluding carboxylic acids is 1. The number of carbonyl (C=O) groups is 1. The molecule has 1 aliphatic heterocycles. The molecule has 4 nitrogen and oxygen atoms in total. The van der Waals surface area contributed by atoms with Crippen molar-refractivity contribution in [2.24, 2.45) is 0 Å². The van der Waals surface area contributed by atoms with E-state index in [0.29, 0.717) is 6.54 Å². The molecule has 0 bridgehead atoms. The van der Waals surface area contributed by atoms with E-state index in [0.717, 1.165) is 17.8 Å². The minimum atomic E-state index is -0.0496. The van der Waals surface area contributed by atoms with E-state index in [4.69, 9.17) is 0 Å². The van der Waals surface area contributed by atoms with E-state index >= 15 is 0 Å². The number of hydrogen-bond donors (Lipinski definition) is 1. The van der Waals surface area contributed by atoms with Crippen LogP contribution in [-0.2, 0) is 6.54 Å². The molecular weight excluding hydrogens is 318 g/mol. The first-order valence-corrected chi connectivity index (χ1v) is 8.93. The van der Waals surface area contributed by atoms with Crippen molar-refractivity contribution in [3.8, 4) is 0 Å². The molecule has 5 heteroatoms. The van der Waals surface area contributed by atoms with Crippen molar-refractivity contribution in [2.75, 3.05) is 11.9 Å². The van der Waals surface area contributed by atoms with Crippen LogP contribution >= 0.6 is 11.3 Å². The summed E-state index contributed by atoms with van der Waals surface area (Å²) in [6.45, 7) is 3.55. The van der Waals surface area contributed by atoms with Gasteiger partial charge in [-0.05, 0) is 48.2 Å². The Hall–Kier alpha value is -2.53. The molecule has 24 heavy (non-hydrogen) atoms. The molecule has 2 aromatic heterocycles. The lowest BCUT2D eigenvalue weighted by Crippen LogP contribution is -2.44. The summed E-state index contributed by atoms with van der Waals surface area (Å²) in [7, 11) is 0. The van der Waals surface area contributed by atoms with Crippen molar-refractivity contribution in [3.63, 3.8) is 0 Å². The molecule has 0 unspecified atom stereocenters. The van der Waals surface area contributed by atoms with Crippen LogP contribution in [0.15, 0.2) is 60.1 Å². The second kappa shape index (κ2) is 6.17. The van der Waals surface area contributed by atoms with E-state index in [-0.39, 0.29) is 12.1 Å². The zero-order valence-corrected chi connectivity index (χ0v) is 14.3. The quantitative estimate of drug-likeness (QED) is 0.735. The van der Waals surface area contributed by atoms with Gasteiger partial charge in [-0.15, -0.1) is 11.3 Å². The van der Waals surface area contributed by atoms with E-state index < -0.39 is 0 Å². The number of rotatable bonds is 2. The number of amides is 2. The zero-order valence-electron chi connectivity index (χ0n) is 13.5. The number of aromatic nitrogens is 1. The van der Waals surface area contributed by atoms with Crippen molar-refractivity contribution in [1.29, 1.82) is 0 Å². The fourth-order valence-electron chi connectivity index (χ4n) is 3.27. The minimum Gasteiger partial charge on any atom is -0.347 e. The molecule has 0 saturated heterocycles. The SMILES string of the molecule is Cc1cccc(NC(=O)N2CCn3cccc3[C@H]2c2cccs2)c1. The van der Waals surface area contributed by atoms with Gasteiger partial charge in [0, 0.05) is 35.5 Å². The number of aryl methyl sites for hydroxylation is 1. The highest BCUT2D eigenvalue weighted by Gasteiger charge is 2.32. The summed E-state index contributed by atoms with van der Waals surface area (Å²) in [5.41, 5.74) is 3.14. The highest BCUT2D eigenvalue weighted by molar-refractivity contribution is 7.10. The molecule has 0 spiro atoms. The van der Waals surface area contributed by atoms with Gasteiger partial charge in [0.05, 0.1) is 0 Å². The highest BCUT2D eigenvalue weighted by atomic mass is 32.1. The van der Waals surface area contributed by atoms with Crippen LogP contribution in [0.3, 0.4) is 0 Å². The van der Waals surface area contributed by atoms with Crippen LogP contribution in [0, 0.1) is 6.92 Å². The zero-order chi connectivity index (χ0) is 16.5. The molecule has 1 N–H and O–H groups in total. The van der Waals surface area contributed by atoms with Crippen molar-refractivity contribution >= 4 is 23.1 Å². The van der Waals surface area contributed by atoms with Crippen LogP contribution in [0.5, 0.6) is 0 Å². The molecular formula is C19H19N3OS. The molecule has 1 aromatic carbocycles. The van der Waals surface area contributed by atoms with Crippen LogP contribution in [0.4, 0.5) is 10.5 Å². The summed E-state index contributed by atoms with van der Waals surface area (Å²) in [6, 6.07) is 16.1. The predicted octanol–water partition coefficient (Wildman–Crippen LogP) is 4.50. The molecule has 4 rings (SSSR count). The van der Waals surface area contributed by atoms with Crippen LogP contribution in [-0.4, -0.2) is 22.0 Å². The summed E-state index contributed by atoms with van der Waals surface area (Å²) in [4.78, 5) is 16.0. The van der Waals surface area contributed by atoms with E-state index in [1.807, 2.05) is 42.2 Å². The number of urea groups is 1. The van der Waals surface area contributed by atoms with E-state index in [1.165, 1.54) is 10.6 Å².